The molecule has 0 aromatic heterocycles. The molecule has 0 aliphatic carbocycles. The fourth-order valence-electron chi connectivity index (χ4n) is 4.16. The summed E-state index contributed by atoms with van der Waals surface area (Å²) in [5, 5.41) is 3.15. The lowest BCUT2D eigenvalue weighted by Crippen LogP contribution is -2.51. The van der Waals surface area contributed by atoms with Crippen molar-refractivity contribution in [3.05, 3.63) is 87.4 Å². The number of hydrogen-bond donors (Lipinski definition) is 1. The number of nitrogens with one attached hydrogen (secondary N) is 1. The molecule has 0 saturated carbocycles. The summed E-state index contributed by atoms with van der Waals surface area (Å²) in [6.07, 6.45) is 1.71. The maximum atomic E-state index is 14.1. The van der Waals surface area contributed by atoms with Crippen LogP contribution in [0.25, 0.3) is 0 Å². The molecule has 3 aromatic rings. The first-order valence-electron chi connectivity index (χ1n) is 13.2. The highest BCUT2D eigenvalue weighted by molar-refractivity contribution is 9.10. The molecule has 2 amide bonds. The van der Waals surface area contributed by atoms with Gasteiger partial charge in [-0.25, -0.2) is 8.42 Å². The fourth-order valence-corrected chi connectivity index (χ4v) is 6.19. The number of unbranched alkanes of at least 4 members (excludes halogenated alkanes) is 1. The van der Waals surface area contributed by atoms with E-state index in [9.17, 15) is 18.0 Å². The number of ether oxygens (including phenoxy) is 1. The van der Waals surface area contributed by atoms with Gasteiger partial charge in [-0.15, -0.1) is 0 Å². The van der Waals surface area contributed by atoms with Gasteiger partial charge >= 0.3 is 0 Å². The molecule has 8 nitrogen and oxygen atoms in total. The predicted molar refractivity (Wildman–Crippen MR) is 166 cm³/mol. The lowest BCUT2D eigenvalue weighted by atomic mass is 10.1. The van der Waals surface area contributed by atoms with Gasteiger partial charge in [-0.3, -0.25) is 13.9 Å². The zero-order valence-electron chi connectivity index (χ0n) is 23.6. The van der Waals surface area contributed by atoms with Gasteiger partial charge in [0.05, 0.1) is 17.7 Å². The number of rotatable bonds is 13. The minimum Gasteiger partial charge on any atom is -0.495 e. The van der Waals surface area contributed by atoms with Crippen LogP contribution < -0.4 is 14.4 Å². The number of nitrogens with zero attached hydrogens (tertiary/aromatic N) is 2. The molecule has 11 heteroatoms. The fraction of sp³-hybridized carbons (Fsp3) is 0.333. The second-order valence-electron chi connectivity index (χ2n) is 9.61. The van der Waals surface area contributed by atoms with Gasteiger partial charge in [0.25, 0.3) is 10.0 Å². The topological polar surface area (TPSA) is 96.0 Å². The zero-order valence-corrected chi connectivity index (χ0v) is 26.7. The highest BCUT2D eigenvalue weighted by Crippen LogP contribution is 2.35. The molecular weight excluding hydrogens is 630 g/mol. The van der Waals surface area contributed by atoms with Crippen molar-refractivity contribution >= 4 is 55.1 Å². The van der Waals surface area contributed by atoms with Crippen molar-refractivity contribution in [1.29, 1.82) is 0 Å². The van der Waals surface area contributed by atoms with E-state index in [1.807, 2.05) is 38.1 Å². The molecule has 0 saturated heterocycles. The summed E-state index contributed by atoms with van der Waals surface area (Å²) >= 11 is 9.73. The summed E-state index contributed by atoms with van der Waals surface area (Å²) in [5.74, 6) is -0.669. The third kappa shape index (κ3) is 8.47. The van der Waals surface area contributed by atoms with Crippen LogP contribution in [0.5, 0.6) is 5.75 Å². The molecule has 0 spiro atoms. The van der Waals surface area contributed by atoms with Crippen LogP contribution in [0.15, 0.2) is 76.1 Å². The second kappa shape index (κ2) is 14.7. The van der Waals surface area contributed by atoms with Gasteiger partial charge in [-0.2, -0.15) is 0 Å². The van der Waals surface area contributed by atoms with Gasteiger partial charge in [0, 0.05) is 22.6 Å². The minimum absolute atomic E-state index is 0.00169. The van der Waals surface area contributed by atoms with Gasteiger partial charge < -0.3 is 15.0 Å². The molecule has 41 heavy (non-hydrogen) atoms. The minimum atomic E-state index is -4.25. The summed E-state index contributed by atoms with van der Waals surface area (Å²) in [6, 6.07) is 17.4. The number of anilines is 1. The van der Waals surface area contributed by atoms with Crippen LogP contribution in [0.2, 0.25) is 5.02 Å². The molecule has 0 aliphatic heterocycles. The lowest BCUT2D eigenvalue weighted by Gasteiger charge is -2.32. The summed E-state index contributed by atoms with van der Waals surface area (Å²) in [7, 11) is -2.84. The zero-order chi connectivity index (χ0) is 30.2. The van der Waals surface area contributed by atoms with Crippen LogP contribution in [0.3, 0.4) is 0 Å². The largest absolute Gasteiger partial charge is 0.495 e. The molecule has 0 aliphatic rings. The molecule has 1 N–H and O–H groups in total. The first-order valence-corrected chi connectivity index (χ1v) is 15.8. The van der Waals surface area contributed by atoms with Gasteiger partial charge in [-0.05, 0) is 68.3 Å². The van der Waals surface area contributed by atoms with E-state index in [2.05, 4.69) is 21.2 Å². The molecular formula is C30H35BrClN3O5S. The quantitative estimate of drug-likeness (QED) is 0.228. The van der Waals surface area contributed by atoms with Crippen molar-refractivity contribution in [3.8, 4) is 5.75 Å². The van der Waals surface area contributed by atoms with Crippen LogP contribution in [-0.2, 0) is 26.2 Å². The molecule has 3 rings (SSSR count). The Balaban J connectivity index is 2.07. The van der Waals surface area contributed by atoms with Crippen LogP contribution in [0.4, 0.5) is 5.69 Å². The molecule has 3 aromatic carbocycles. The Labute approximate surface area is 255 Å². The summed E-state index contributed by atoms with van der Waals surface area (Å²) in [6.45, 7) is 5.48. The van der Waals surface area contributed by atoms with E-state index < -0.39 is 28.5 Å². The van der Waals surface area contributed by atoms with E-state index in [1.165, 1.54) is 30.2 Å². The molecule has 1 atom stereocenters. The van der Waals surface area contributed by atoms with Crippen molar-refractivity contribution in [2.75, 3.05) is 24.5 Å². The standard InChI is InChI=1S/C30H35BrClN3O5S/c1-5-6-16-33-30(37)22(3)34(19-23-8-7-9-24(31)17-23)29(36)20-35(27-18-25(32)12-15-28(27)40-4)41(38,39)26-13-10-21(2)11-14-26/h7-15,17-18,22H,5-6,16,19-20H2,1-4H3,(H,33,37)/t22-/m0/s1. The van der Waals surface area contributed by atoms with Gasteiger partial charge in [0.15, 0.2) is 0 Å². The van der Waals surface area contributed by atoms with Crippen molar-refractivity contribution in [3.63, 3.8) is 0 Å². The maximum Gasteiger partial charge on any atom is 0.264 e. The normalized spacial score (nSPS) is 12.0. The van der Waals surface area contributed by atoms with Crippen molar-refractivity contribution in [2.24, 2.45) is 0 Å². The number of carbonyl (C=O) groups is 2. The summed E-state index contributed by atoms with van der Waals surface area (Å²) in [5.41, 5.74) is 1.76. The Morgan fingerprint density at radius 1 is 1.07 bits per heavy atom. The van der Waals surface area contributed by atoms with E-state index in [0.29, 0.717) is 6.54 Å². The van der Waals surface area contributed by atoms with Gasteiger partial charge in [0.1, 0.15) is 18.3 Å². The van der Waals surface area contributed by atoms with Gasteiger partial charge in [-0.1, -0.05) is 70.7 Å². The molecule has 220 valence electrons. The van der Waals surface area contributed by atoms with Crippen molar-refractivity contribution in [1.82, 2.24) is 10.2 Å². The van der Waals surface area contributed by atoms with Crippen LogP contribution in [0.1, 0.15) is 37.8 Å². The third-order valence-corrected chi connectivity index (χ3v) is 9.04. The number of sulfonamides is 1. The van der Waals surface area contributed by atoms with Crippen LogP contribution >= 0.6 is 27.5 Å². The number of carbonyl (C=O) groups excluding carboxylic acids is 2. The molecule has 0 fully saturated rings. The van der Waals surface area contributed by atoms with E-state index in [4.69, 9.17) is 16.3 Å². The van der Waals surface area contributed by atoms with Crippen molar-refractivity contribution in [2.45, 2.75) is 51.1 Å². The first kappa shape index (κ1) is 32.4. The highest BCUT2D eigenvalue weighted by Gasteiger charge is 2.34. The number of hydrogen-bond acceptors (Lipinski definition) is 5. The number of halogens is 2. The van der Waals surface area contributed by atoms with E-state index in [1.54, 1.807) is 31.2 Å². The summed E-state index contributed by atoms with van der Waals surface area (Å²) < 4.78 is 35.3. The number of methoxy groups -OCH3 is 1. The maximum absolute atomic E-state index is 14.1. The van der Waals surface area contributed by atoms with E-state index in [0.717, 1.165) is 32.7 Å². The molecule has 0 radical (unpaired) electrons. The summed E-state index contributed by atoms with van der Waals surface area (Å²) in [4.78, 5) is 28.5. The second-order valence-corrected chi connectivity index (χ2v) is 12.8. The average molecular weight is 665 g/mol. The number of benzene rings is 3. The average Bonchev–Trinajstić information content (AvgIpc) is 2.94. The lowest BCUT2D eigenvalue weighted by molar-refractivity contribution is -0.139. The monoisotopic (exact) mass is 663 g/mol. The molecule has 0 heterocycles. The van der Waals surface area contributed by atoms with Gasteiger partial charge in [0.2, 0.25) is 11.8 Å². The number of aryl methyl sites for hydroxylation is 1. The van der Waals surface area contributed by atoms with Crippen LogP contribution in [-0.4, -0.2) is 51.4 Å². The Kier molecular flexibility index (Phi) is 11.6. The van der Waals surface area contributed by atoms with Crippen LogP contribution in [0, 0.1) is 6.92 Å². The highest BCUT2D eigenvalue weighted by atomic mass is 79.9. The smallest absolute Gasteiger partial charge is 0.264 e. The Hall–Kier alpha value is -3.08. The first-order chi connectivity index (χ1) is 19.5. The Bertz CT molecular complexity index is 1470. The Morgan fingerprint density at radius 2 is 1.78 bits per heavy atom. The van der Waals surface area contributed by atoms with E-state index >= 15 is 0 Å². The molecule has 0 unspecified atom stereocenters. The predicted octanol–water partition coefficient (Wildman–Crippen LogP) is 5.95. The molecule has 0 bridgehead atoms. The van der Waals surface area contributed by atoms with Crippen molar-refractivity contribution < 1.29 is 22.7 Å². The SMILES string of the molecule is CCCCNC(=O)[C@H](C)N(Cc1cccc(Br)c1)C(=O)CN(c1cc(Cl)ccc1OC)S(=O)(=O)c1ccc(C)cc1. The number of amides is 2. The Morgan fingerprint density at radius 3 is 2.41 bits per heavy atom. The third-order valence-electron chi connectivity index (χ3n) is 6.54. The van der Waals surface area contributed by atoms with E-state index in [-0.39, 0.29) is 33.8 Å².